The Morgan fingerprint density at radius 3 is 3.00 bits per heavy atom. The predicted molar refractivity (Wildman–Crippen MR) is 96.2 cm³/mol. The van der Waals surface area contributed by atoms with Gasteiger partial charge in [-0.05, 0) is 31.7 Å². The zero-order chi connectivity index (χ0) is 17.5. The topological polar surface area (TPSA) is 73.1 Å². The summed E-state index contributed by atoms with van der Waals surface area (Å²) in [6, 6.07) is 3.79. The number of aromatic nitrogens is 4. The van der Waals surface area contributed by atoms with Gasteiger partial charge in [0, 0.05) is 30.5 Å². The Hall–Kier alpha value is -2.28. The fourth-order valence-corrected chi connectivity index (χ4v) is 4.09. The first-order valence-corrected chi connectivity index (χ1v) is 9.55. The molecule has 1 atom stereocenters. The van der Waals surface area contributed by atoms with Crippen LogP contribution in [0.4, 0.5) is 5.82 Å². The molecule has 7 heteroatoms. The fraction of sp³-hybridized carbons (Fsp3) is 0.579. The second-order valence-corrected chi connectivity index (χ2v) is 7.47. The highest BCUT2D eigenvalue weighted by molar-refractivity contribution is 5.50. The van der Waals surface area contributed by atoms with E-state index in [1.54, 1.807) is 17.1 Å². The van der Waals surface area contributed by atoms with E-state index in [-0.39, 0.29) is 11.6 Å². The van der Waals surface area contributed by atoms with E-state index < -0.39 is 0 Å². The molecule has 1 unspecified atom stereocenters. The molecule has 7 nitrogen and oxygen atoms in total. The van der Waals surface area contributed by atoms with E-state index in [1.807, 2.05) is 6.07 Å². The van der Waals surface area contributed by atoms with Crippen LogP contribution in [0.5, 0.6) is 0 Å². The van der Waals surface area contributed by atoms with E-state index in [4.69, 9.17) is 4.74 Å². The van der Waals surface area contributed by atoms with Crippen molar-refractivity contribution < 1.29 is 4.74 Å². The highest BCUT2D eigenvalue weighted by Gasteiger charge is 2.31. The molecule has 5 rings (SSSR count). The smallest absolute Gasteiger partial charge is 0.266 e. The summed E-state index contributed by atoms with van der Waals surface area (Å²) in [4.78, 5) is 23.6. The maximum absolute atomic E-state index is 12.3. The summed E-state index contributed by atoms with van der Waals surface area (Å²) in [7, 11) is 0. The number of hydrogen-bond acceptors (Lipinski definition) is 6. The monoisotopic (exact) mass is 353 g/mol. The Labute approximate surface area is 152 Å². The molecule has 2 fully saturated rings. The Kier molecular flexibility index (Phi) is 3.96. The second-order valence-electron chi connectivity index (χ2n) is 7.47. The fourth-order valence-electron chi connectivity index (χ4n) is 4.09. The third-order valence-corrected chi connectivity index (χ3v) is 5.66. The van der Waals surface area contributed by atoms with Crippen LogP contribution in [-0.4, -0.2) is 38.9 Å². The minimum absolute atomic E-state index is 0.0192. The molecular formula is C19H23N5O2. The van der Waals surface area contributed by atoms with Gasteiger partial charge >= 0.3 is 0 Å². The molecular weight excluding hydrogens is 330 g/mol. The van der Waals surface area contributed by atoms with Gasteiger partial charge in [-0.2, -0.15) is 5.10 Å². The van der Waals surface area contributed by atoms with Crippen molar-refractivity contribution in [3.63, 3.8) is 0 Å². The Bertz CT molecular complexity index is 876. The van der Waals surface area contributed by atoms with Crippen molar-refractivity contribution in [2.24, 2.45) is 0 Å². The van der Waals surface area contributed by atoms with Gasteiger partial charge in [-0.1, -0.05) is 0 Å². The van der Waals surface area contributed by atoms with Gasteiger partial charge in [-0.15, -0.1) is 0 Å². The molecule has 2 aromatic heterocycles. The number of hydrogen-bond donors (Lipinski definition) is 0. The number of rotatable bonds is 4. The van der Waals surface area contributed by atoms with Crippen molar-refractivity contribution in [3.05, 3.63) is 45.8 Å². The average molecular weight is 353 g/mol. The van der Waals surface area contributed by atoms with Crippen molar-refractivity contribution in [2.75, 3.05) is 18.1 Å². The van der Waals surface area contributed by atoms with E-state index >= 15 is 0 Å². The van der Waals surface area contributed by atoms with Gasteiger partial charge in [0.1, 0.15) is 12.1 Å². The summed E-state index contributed by atoms with van der Waals surface area (Å²) in [6.45, 7) is 2.86. The Morgan fingerprint density at radius 1 is 1.19 bits per heavy atom. The van der Waals surface area contributed by atoms with E-state index in [1.165, 1.54) is 12.8 Å². The van der Waals surface area contributed by atoms with Crippen LogP contribution < -0.4 is 10.5 Å². The summed E-state index contributed by atoms with van der Waals surface area (Å²) >= 11 is 0. The molecule has 0 spiro atoms. The number of nitrogens with zero attached hydrogens (tertiary/aromatic N) is 5. The van der Waals surface area contributed by atoms with E-state index in [0.717, 1.165) is 55.2 Å². The molecule has 0 amide bonds. The van der Waals surface area contributed by atoms with Gasteiger partial charge in [0.2, 0.25) is 0 Å². The van der Waals surface area contributed by atoms with Crippen molar-refractivity contribution in [1.29, 1.82) is 0 Å². The largest absolute Gasteiger partial charge is 0.376 e. The van der Waals surface area contributed by atoms with Crippen LogP contribution in [0.3, 0.4) is 0 Å². The first kappa shape index (κ1) is 15.9. The zero-order valence-corrected chi connectivity index (χ0v) is 14.8. The summed E-state index contributed by atoms with van der Waals surface area (Å²) in [5.74, 6) is 1.52. The predicted octanol–water partition coefficient (Wildman–Crippen LogP) is 1.65. The van der Waals surface area contributed by atoms with Gasteiger partial charge in [-0.3, -0.25) is 4.79 Å². The van der Waals surface area contributed by atoms with Gasteiger partial charge in [-0.25, -0.2) is 14.6 Å². The maximum atomic E-state index is 12.3. The summed E-state index contributed by atoms with van der Waals surface area (Å²) in [5.41, 5.74) is 3.24. The average Bonchev–Trinajstić information content (AvgIpc) is 3.42. The number of anilines is 1. The van der Waals surface area contributed by atoms with Crippen LogP contribution in [0, 0.1) is 0 Å². The van der Waals surface area contributed by atoms with E-state index in [0.29, 0.717) is 19.1 Å². The molecule has 0 radical (unpaired) electrons. The highest BCUT2D eigenvalue weighted by Crippen LogP contribution is 2.38. The molecule has 2 aliphatic heterocycles. The lowest BCUT2D eigenvalue weighted by molar-refractivity contribution is 0.109. The zero-order valence-electron chi connectivity index (χ0n) is 14.8. The molecule has 136 valence electrons. The minimum atomic E-state index is -0.0192. The summed E-state index contributed by atoms with van der Waals surface area (Å²) < 4.78 is 7.30. The molecule has 1 aliphatic carbocycles. The summed E-state index contributed by atoms with van der Waals surface area (Å²) in [6.07, 6.45) is 7.02. The Morgan fingerprint density at radius 2 is 2.12 bits per heavy atom. The molecule has 2 aromatic rings. The van der Waals surface area contributed by atoms with Crippen LogP contribution in [0.15, 0.2) is 23.3 Å². The molecule has 4 heterocycles. The first-order valence-electron chi connectivity index (χ1n) is 9.55. The van der Waals surface area contributed by atoms with E-state index in [9.17, 15) is 4.79 Å². The lowest BCUT2D eigenvalue weighted by atomic mass is 10.1. The SMILES string of the molecule is O=c1ccc(C2CC2)nn1CC1CCCN1c1ncnc2c1COCC2. The van der Waals surface area contributed by atoms with Crippen LogP contribution >= 0.6 is 0 Å². The second kappa shape index (κ2) is 6.46. The van der Waals surface area contributed by atoms with Crippen molar-refractivity contribution in [1.82, 2.24) is 19.7 Å². The van der Waals surface area contributed by atoms with Crippen molar-refractivity contribution in [2.45, 2.75) is 57.2 Å². The number of ether oxygens (including phenoxy) is 1. The molecule has 3 aliphatic rings. The maximum Gasteiger partial charge on any atom is 0.266 e. The molecule has 0 N–H and O–H groups in total. The van der Waals surface area contributed by atoms with Gasteiger partial charge in [0.05, 0.1) is 37.2 Å². The Balaban J connectivity index is 1.43. The number of fused-ring (bicyclic) bond motifs is 1. The molecule has 1 saturated carbocycles. The van der Waals surface area contributed by atoms with Crippen LogP contribution in [0.2, 0.25) is 0 Å². The van der Waals surface area contributed by atoms with Crippen LogP contribution in [-0.2, 0) is 24.3 Å². The van der Waals surface area contributed by atoms with Crippen LogP contribution in [0.25, 0.3) is 0 Å². The molecule has 0 bridgehead atoms. The van der Waals surface area contributed by atoms with E-state index in [2.05, 4.69) is 20.0 Å². The standard InChI is InChI=1S/C19H23N5O2/c25-18-6-5-16(13-3-4-13)22-24(18)10-14-2-1-8-23(14)19-15-11-26-9-7-17(15)20-12-21-19/h5-6,12-14H,1-4,7-11H2. The van der Waals surface area contributed by atoms with Crippen LogP contribution in [0.1, 0.15) is 48.6 Å². The quantitative estimate of drug-likeness (QED) is 0.832. The van der Waals surface area contributed by atoms with Crippen molar-refractivity contribution >= 4 is 5.82 Å². The molecule has 1 saturated heterocycles. The molecule has 26 heavy (non-hydrogen) atoms. The third-order valence-electron chi connectivity index (χ3n) is 5.66. The van der Waals surface area contributed by atoms with Gasteiger partial charge < -0.3 is 9.64 Å². The molecule has 0 aromatic carbocycles. The lowest BCUT2D eigenvalue weighted by Crippen LogP contribution is -2.38. The van der Waals surface area contributed by atoms with Gasteiger partial charge in [0.15, 0.2) is 0 Å². The minimum Gasteiger partial charge on any atom is -0.376 e. The third kappa shape index (κ3) is 2.90. The lowest BCUT2D eigenvalue weighted by Gasteiger charge is -2.29. The highest BCUT2D eigenvalue weighted by atomic mass is 16.5. The first-order chi connectivity index (χ1) is 12.8. The summed E-state index contributed by atoms with van der Waals surface area (Å²) in [5, 5.41) is 4.63. The normalized spacial score (nSPS) is 22.5. The van der Waals surface area contributed by atoms with Gasteiger partial charge in [0.25, 0.3) is 5.56 Å². The van der Waals surface area contributed by atoms with Crippen molar-refractivity contribution in [3.8, 4) is 0 Å².